The van der Waals surface area contributed by atoms with E-state index < -0.39 is 0 Å². The summed E-state index contributed by atoms with van der Waals surface area (Å²) in [4.78, 5) is 14.8. The van der Waals surface area contributed by atoms with Gasteiger partial charge in [-0.05, 0) is 46.2 Å². The number of carbonyl (C=O) groups is 1. The van der Waals surface area contributed by atoms with Crippen LogP contribution in [0.4, 0.5) is 0 Å². The molecule has 0 bridgehead atoms. The minimum absolute atomic E-state index is 0.115. The average molecular weight is 278 g/mol. The van der Waals surface area contributed by atoms with E-state index in [4.69, 9.17) is 4.42 Å². The fourth-order valence-electron chi connectivity index (χ4n) is 2.94. The molecule has 4 nitrogen and oxygen atoms in total. The van der Waals surface area contributed by atoms with Gasteiger partial charge in [-0.1, -0.05) is 6.92 Å². The molecule has 0 aromatic carbocycles. The van der Waals surface area contributed by atoms with Crippen molar-refractivity contribution in [3.63, 3.8) is 0 Å². The van der Waals surface area contributed by atoms with Gasteiger partial charge in [0, 0.05) is 24.7 Å². The van der Waals surface area contributed by atoms with E-state index in [9.17, 15) is 4.79 Å². The summed E-state index contributed by atoms with van der Waals surface area (Å²) in [5, 5.41) is 3.19. The summed E-state index contributed by atoms with van der Waals surface area (Å²) in [7, 11) is 0. The normalized spacial score (nSPS) is 19.0. The zero-order chi connectivity index (χ0) is 14.7. The first-order chi connectivity index (χ1) is 9.51. The van der Waals surface area contributed by atoms with Gasteiger partial charge in [-0.15, -0.1) is 0 Å². The van der Waals surface area contributed by atoms with Gasteiger partial charge in [0.2, 0.25) is 5.91 Å². The molecule has 20 heavy (non-hydrogen) atoms. The van der Waals surface area contributed by atoms with Crippen LogP contribution < -0.4 is 5.32 Å². The van der Waals surface area contributed by atoms with E-state index in [0.717, 1.165) is 49.6 Å². The van der Waals surface area contributed by atoms with Crippen LogP contribution in [-0.2, 0) is 4.79 Å². The zero-order valence-corrected chi connectivity index (χ0v) is 13.0. The molecule has 4 heteroatoms. The first kappa shape index (κ1) is 15.1. The van der Waals surface area contributed by atoms with E-state index >= 15 is 0 Å². The standard InChI is InChI=1S/C16H26N2O2/c1-5-18-8-6-14(7-9-18)17-16(19)12(3)15-10-11(2)20-13(15)4/h10,12,14H,5-9H2,1-4H3,(H,17,19). The second-order valence-electron chi connectivity index (χ2n) is 5.81. The Balaban J connectivity index is 1.90. The van der Waals surface area contributed by atoms with Gasteiger partial charge in [-0.2, -0.15) is 0 Å². The molecule has 2 rings (SSSR count). The Hall–Kier alpha value is -1.29. The number of carbonyl (C=O) groups excluding carboxylic acids is 1. The summed E-state index contributed by atoms with van der Waals surface area (Å²) in [6, 6.07) is 2.29. The summed E-state index contributed by atoms with van der Waals surface area (Å²) in [5.74, 6) is 1.69. The first-order valence-electron chi connectivity index (χ1n) is 7.61. The molecule has 1 unspecified atom stereocenters. The van der Waals surface area contributed by atoms with Crippen LogP contribution in [0.2, 0.25) is 0 Å². The van der Waals surface area contributed by atoms with Crippen molar-refractivity contribution in [3.8, 4) is 0 Å². The maximum atomic E-state index is 12.4. The fourth-order valence-corrected chi connectivity index (χ4v) is 2.94. The van der Waals surface area contributed by atoms with Gasteiger partial charge in [0.05, 0.1) is 5.92 Å². The molecule has 1 aromatic rings. The highest BCUT2D eigenvalue weighted by Gasteiger charge is 2.24. The number of hydrogen-bond acceptors (Lipinski definition) is 3. The van der Waals surface area contributed by atoms with Crippen molar-refractivity contribution < 1.29 is 9.21 Å². The molecule has 0 saturated carbocycles. The summed E-state index contributed by atoms with van der Waals surface area (Å²) < 4.78 is 5.52. The van der Waals surface area contributed by atoms with Crippen LogP contribution in [0.15, 0.2) is 10.5 Å². The molecule has 0 radical (unpaired) electrons. The number of hydrogen-bond donors (Lipinski definition) is 1. The lowest BCUT2D eigenvalue weighted by atomic mass is 9.98. The molecule has 0 spiro atoms. The predicted octanol–water partition coefficient (Wildman–Crippen LogP) is 2.60. The number of aryl methyl sites for hydroxylation is 2. The maximum absolute atomic E-state index is 12.4. The third kappa shape index (κ3) is 3.42. The largest absolute Gasteiger partial charge is 0.466 e. The fraction of sp³-hybridized carbons (Fsp3) is 0.688. The van der Waals surface area contributed by atoms with E-state index in [0.29, 0.717) is 6.04 Å². The number of furan rings is 1. The number of nitrogens with zero attached hydrogens (tertiary/aromatic N) is 1. The minimum Gasteiger partial charge on any atom is -0.466 e. The zero-order valence-electron chi connectivity index (χ0n) is 13.0. The molecule has 1 aliphatic rings. The molecule has 1 saturated heterocycles. The van der Waals surface area contributed by atoms with Crippen molar-refractivity contribution in [2.75, 3.05) is 19.6 Å². The number of nitrogens with one attached hydrogen (secondary N) is 1. The van der Waals surface area contributed by atoms with Gasteiger partial charge in [0.1, 0.15) is 11.5 Å². The van der Waals surface area contributed by atoms with Crippen molar-refractivity contribution in [3.05, 3.63) is 23.2 Å². The third-order valence-corrected chi connectivity index (χ3v) is 4.32. The van der Waals surface area contributed by atoms with Crippen molar-refractivity contribution in [2.45, 2.75) is 52.5 Å². The van der Waals surface area contributed by atoms with Gasteiger partial charge in [0.25, 0.3) is 0 Å². The highest BCUT2D eigenvalue weighted by atomic mass is 16.3. The van der Waals surface area contributed by atoms with Gasteiger partial charge in [-0.3, -0.25) is 4.79 Å². The molecule has 0 aliphatic carbocycles. The van der Waals surface area contributed by atoms with Crippen molar-refractivity contribution in [1.82, 2.24) is 10.2 Å². The molecule has 1 atom stereocenters. The van der Waals surface area contributed by atoms with E-state index in [1.165, 1.54) is 0 Å². The predicted molar refractivity (Wildman–Crippen MR) is 79.9 cm³/mol. The van der Waals surface area contributed by atoms with Gasteiger partial charge in [-0.25, -0.2) is 0 Å². The number of piperidine rings is 1. The Bertz CT molecular complexity index is 459. The number of amides is 1. The van der Waals surface area contributed by atoms with Crippen LogP contribution in [0.5, 0.6) is 0 Å². The molecular weight excluding hydrogens is 252 g/mol. The highest BCUT2D eigenvalue weighted by Crippen LogP contribution is 2.23. The van der Waals surface area contributed by atoms with Crippen LogP contribution in [0.1, 0.15) is 49.7 Å². The molecular formula is C16H26N2O2. The lowest BCUT2D eigenvalue weighted by Crippen LogP contribution is -2.45. The monoisotopic (exact) mass is 278 g/mol. The second-order valence-corrected chi connectivity index (χ2v) is 5.81. The van der Waals surface area contributed by atoms with Crippen LogP contribution in [0.3, 0.4) is 0 Å². The van der Waals surface area contributed by atoms with Crippen molar-refractivity contribution >= 4 is 5.91 Å². The van der Waals surface area contributed by atoms with E-state index in [1.807, 2.05) is 26.8 Å². The first-order valence-corrected chi connectivity index (χ1v) is 7.61. The molecule has 1 N–H and O–H groups in total. The van der Waals surface area contributed by atoms with Crippen molar-refractivity contribution in [2.24, 2.45) is 0 Å². The Morgan fingerprint density at radius 2 is 2.10 bits per heavy atom. The number of rotatable bonds is 4. The van der Waals surface area contributed by atoms with Gasteiger partial charge < -0.3 is 14.6 Å². The van der Waals surface area contributed by atoms with Crippen LogP contribution >= 0.6 is 0 Å². The second kappa shape index (κ2) is 6.44. The van der Waals surface area contributed by atoms with Gasteiger partial charge >= 0.3 is 0 Å². The van der Waals surface area contributed by atoms with Crippen LogP contribution in [-0.4, -0.2) is 36.5 Å². The summed E-state index contributed by atoms with van der Waals surface area (Å²) in [5.41, 5.74) is 1.01. The third-order valence-electron chi connectivity index (χ3n) is 4.32. The minimum atomic E-state index is -0.142. The Morgan fingerprint density at radius 3 is 2.60 bits per heavy atom. The van der Waals surface area contributed by atoms with Crippen LogP contribution in [0.25, 0.3) is 0 Å². The molecule has 1 aromatic heterocycles. The summed E-state index contributed by atoms with van der Waals surface area (Å²) in [6.07, 6.45) is 2.10. The lowest BCUT2D eigenvalue weighted by molar-refractivity contribution is -0.123. The number of likely N-dealkylation sites (tertiary alicyclic amines) is 1. The quantitative estimate of drug-likeness (QED) is 0.921. The molecule has 1 fully saturated rings. The van der Waals surface area contributed by atoms with Crippen LogP contribution in [0, 0.1) is 13.8 Å². The Morgan fingerprint density at radius 1 is 1.45 bits per heavy atom. The molecule has 2 heterocycles. The maximum Gasteiger partial charge on any atom is 0.227 e. The van der Waals surface area contributed by atoms with E-state index in [-0.39, 0.29) is 11.8 Å². The van der Waals surface area contributed by atoms with E-state index in [1.54, 1.807) is 0 Å². The summed E-state index contributed by atoms with van der Waals surface area (Å²) >= 11 is 0. The lowest BCUT2D eigenvalue weighted by Gasteiger charge is -2.32. The molecule has 1 aliphatic heterocycles. The SMILES string of the molecule is CCN1CCC(NC(=O)C(C)c2cc(C)oc2C)CC1. The Labute approximate surface area is 121 Å². The van der Waals surface area contributed by atoms with Gasteiger partial charge in [0.15, 0.2) is 0 Å². The molecule has 1 amide bonds. The Kier molecular flexibility index (Phi) is 4.86. The summed E-state index contributed by atoms with van der Waals surface area (Å²) in [6.45, 7) is 11.2. The van der Waals surface area contributed by atoms with E-state index in [2.05, 4.69) is 17.1 Å². The highest BCUT2D eigenvalue weighted by molar-refractivity contribution is 5.83. The smallest absolute Gasteiger partial charge is 0.227 e. The average Bonchev–Trinajstić information content (AvgIpc) is 2.77. The topological polar surface area (TPSA) is 45.5 Å². The van der Waals surface area contributed by atoms with Crippen molar-refractivity contribution in [1.29, 1.82) is 0 Å². The molecule has 112 valence electrons.